The Balaban J connectivity index is 1.90. The molecule has 0 spiro atoms. The summed E-state index contributed by atoms with van der Waals surface area (Å²) >= 11 is 0. The Morgan fingerprint density at radius 3 is 2.60 bits per heavy atom. The molecule has 2 atom stereocenters. The number of carbonyl (C=O) groups is 1. The minimum Gasteiger partial charge on any atom is -0.325 e. The van der Waals surface area contributed by atoms with E-state index in [0.717, 1.165) is 13.1 Å². The number of rotatable bonds is 3. The summed E-state index contributed by atoms with van der Waals surface area (Å²) in [6.07, 6.45) is 1.22. The van der Waals surface area contributed by atoms with Crippen molar-refractivity contribution in [3.8, 4) is 0 Å². The van der Waals surface area contributed by atoms with Crippen LogP contribution >= 0.6 is 0 Å². The molecule has 1 aromatic rings. The summed E-state index contributed by atoms with van der Waals surface area (Å²) in [6, 6.07) is 4.78. The van der Waals surface area contributed by atoms with E-state index >= 15 is 0 Å². The van der Waals surface area contributed by atoms with E-state index in [1.165, 1.54) is 12.5 Å². The van der Waals surface area contributed by atoms with Gasteiger partial charge in [-0.05, 0) is 42.9 Å². The molecule has 1 heterocycles. The average Bonchev–Trinajstić information content (AvgIpc) is 2.32. The van der Waals surface area contributed by atoms with E-state index in [1.54, 1.807) is 19.1 Å². The maximum atomic E-state index is 13.4. The number of nitrogens with zero attached hydrogens (tertiary/aromatic N) is 1. The predicted molar refractivity (Wildman–Crippen MR) is 79.2 cm³/mol. The van der Waals surface area contributed by atoms with E-state index in [9.17, 15) is 9.18 Å². The van der Waals surface area contributed by atoms with Crippen molar-refractivity contribution >= 4 is 11.6 Å². The van der Waals surface area contributed by atoms with Gasteiger partial charge in [-0.3, -0.25) is 9.69 Å². The molecule has 1 saturated heterocycles. The third kappa shape index (κ3) is 4.04. The molecule has 0 bridgehead atoms. The van der Waals surface area contributed by atoms with Crippen molar-refractivity contribution in [2.24, 2.45) is 11.8 Å². The first-order valence-electron chi connectivity index (χ1n) is 7.22. The van der Waals surface area contributed by atoms with Crippen molar-refractivity contribution in [1.82, 2.24) is 4.90 Å². The molecule has 0 saturated carbocycles. The SMILES string of the molecule is Cc1ccc(NC(=O)CN2C[C@H](C)C[C@H](C)C2)cc1F. The topological polar surface area (TPSA) is 32.3 Å². The van der Waals surface area contributed by atoms with E-state index in [2.05, 4.69) is 24.1 Å². The number of halogens is 1. The lowest BCUT2D eigenvalue weighted by atomic mass is 9.92. The molecule has 1 aliphatic rings. The van der Waals surface area contributed by atoms with Crippen molar-refractivity contribution in [3.63, 3.8) is 0 Å². The molecule has 110 valence electrons. The zero-order valence-electron chi connectivity index (χ0n) is 12.4. The minimum atomic E-state index is -0.289. The number of carbonyl (C=O) groups excluding carboxylic acids is 1. The summed E-state index contributed by atoms with van der Waals surface area (Å²) < 4.78 is 13.4. The number of nitrogens with one attached hydrogen (secondary N) is 1. The summed E-state index contributed by atoms with van der Waals surface area (Å²) in [5.41, 5.74) is 1.11. The molecule has 0 aliphatic carbocycles. The highest BCUT2D eigenvalue weighted by Gasteiger charge is 2.23. The minimum absolute atomic E-state index is 0.0745. The van der Waals surface area contributed by atoms with Crippen LogP contribution in [-0.4, -0.2) is 30.4 Å². The van der Waals surface area contributed by atoms with Crippen molar-refractivity contribution in [2.75, 3.05) is 25.0 Å². The fourth-order valence-corrected chi connectivity index (χ4v) is 3.00. The van der Waals surface area contributed by atoms with Crippen LogP contribution in [0.25, 0.3) is 0 Å². The van der Waals surface area contributed by atoms with Gasteiger partial charge in [-0.15, -0.1) is 0 Å². The van der Waals surface area contributed by atoms with Crippen LogP contribution in [0, 0.1) is 24.6 Å². The number of hydrogen-bond acceptors (Lipinski definition) is 2. The van der Waals surface area contributed by atoms with Crippen molar-refractivity contribution in [1.29, 1.82) is 0 Å². The zero-order valence-corrected chi connectivity index (χ0v) is 12.4. The maximum Gasteiger partial charge on any atom is 0.238 e. The third-order valence-electron chi connectivity index (χ3n) is 3.77. The highest BCUT2D eigenvalue weighted by Crippen LogP contribution is 2.20. The number of amides is 1. The van der Waals surface area contributed by atoms with E-state index in [4.69, 9.17) is 0 Å². The van der Waals surface area contributed by atoms with Gasteiger partial charge in [0, 0.05) is 18.8 Å². The lowest BCUT2D eigenvalue weighted by molar-refractivity contribution is -0.117. The normalized spacial score (nSPS) is 23.6. The molecular weight excluding hydrogens is 255 g/mol. The molecule has 2 rings (SSSR count). The molecule has 1 aliphatic heterocycles. The number of piperidine rings is 1. The van der Waals surface area contributed by atoms with Crippen LogP contribution in [-0.2, 0) is 4.79 Å². The molecule has 1 fully saturated rings. The molecular formula is C16H23FN2O. The van der Waals surface area contributed by atoms with Crippen LogP contribution in [0.1, 0.15) is 25.8 Å². The first kappa shape index (κ1) is 15.0. The number of benzene rings is 1. The Hall–Kier alpha value is -1.42. The fourth-order valence-electron chi connectivity index (χ4n) is 3.00. The summed E-state index contributed by atoms with van der Waals surface area (Å²) in [7, 11) is 0. The lowest BCUT2D eigenvalue weighted by Gasteiger charge is -2.34. The van der Waals surface area contributed by atoms with Gasteiger partial charge in [-0.1, -0.05) is 19.9 Å². The first-order valence-corrected chi connectivity index (χ1v) is 7.22. The second-order valence-corrected chi connectivity index (χ2v) is 6.15. The van der Waals surface area contributed by atoms with E-state index in [1.807, 2.05) is 0 Å². The fraction of sp³-hybridized carbons (Fsp3) is 0.562. The maximum absolute atomic E-state index is 13.4. The summed E-state index contributed by atoms with van der Waals surface area (Å²) in [4.78, 5) is 14.2. The average molecular weight is 278 g/mol. The number of anilines is 1. The van der Waals surface area contributed by atoms with Crippen LogP contribution in [0.2, 0.25) is 0 Å². The Bertz CT molecular complexity index is 479. The smallest absolute Gasteiger partial charge is 0.238 e. The summed E-state index contributed by atoms with van der Waals surface area (Å²) in [5.74, 6) is 0.893. The molecule has 1 amide bonds. The number of hydrogen-bond donors (Lipinski definition) is 1. The summed E-state index contributed by atoms with van der Waals surface area (Å²) in [5, 5.41) is 2.77. The van der Waals surface area contributed by atoms with E-state index in [0.29, 0.717) is 29.6 Å². The van der Waals surface area contributed by atoms with Crippen molar-refractivity contribution < 1.29 is 9.18 Å². The molecule has 0 radical (unpaired) electrons. The first-order chi connectivity index (χ1) is 9.44. The van der Waals surface area contributed by atoms with Gasteiger partial charge in [0.25, 0.3) is 0 Å². The largest absolute Gasteiger partial charge is 0.325 e. The van der Waals surface area contributed by atoms with E-state index in [-0.39, 0.29) is 11.7 Å². The molecule has 0 unspecified atom stereocenters. The van der Waals surface area contributed by atoms with Crippen molar-refractivity contribution in [3.05, 3.63) is 29.6 Å². The monoisotopic (exact) mass is 278 g/mol. The molecule has 20 heavy (non-hydrogen) atoms. The second kappa shape index (κ2) is 6.35. The highest BCUT2D eigenvalue weighted by molar-refractivity contribution is 5.92. The van der Waals surface area contributed by atoms with Gasteiger partial charge in [0.15, 0.2) is 0 Å². The van der Waals surface area contributed by atoms with Gasteiger partial charge >= 0.3 is 0 Å². The summed E-state index contributed by atoms with van der Waals surface area (Å²) in [6.45, 7) is 8.44. The molecule has 1 aromatic carbocycles. The Morgan fingerprint density at radius 2 is 2.00 bits per heavy atom. The lowest BCUT2D eigenvalue weighted by Crippen LogP contribution is -2.42. The molecule has 0 aromatic heterocycles. The molecule has 1 N–H and O–H groups in total. The Morgan fingerprint density at radius 1 is 1.35 bits per heavy atom. The van der Waals surface area contributed by atoms with Gasteiger partial charge in [0.05, 0.1) is 6.54 Å². The standard InChI is InChI=1S/C16H23FN2O/c1-11-6-12(2)9-19(8-11)10-16(20)18-14-5-4-13(3)15(17)7-14/h4-5,7,11-12H,6,8-10H2,1-3H3,(H,18,20)/t11-,12+. The van der Waals surface area contributed by atoms with Crippen LogP contribution in [0.4, 0.5) is 10.1 Å². The zero-order chi connectivity index (χ0) is 14.7. The van der Waals surface area contributed by atoms with E-state index < -0.39 is 0 Å². The van der Waals surface area contributed by atoms with Crippen LogP contribution in [0.5, 0.6) is 0 Å². The molecule has 3 nitrogen and oxygen atoms in total. The van der Waals surface area contributed by atoms with Gasteiger partial charge in [-0.2, -0.15) is 0 Å². The Kier molecular flexibility index (Phi) is 4.76. The van der Waals surface area contributed by atoms with Gasteiger partial charge < -0.3 is 5.32 Å². The Labute approximate surface area is 120 Å². The molecule has 4 heteroatoms. The van der Waals surface area contributed by atoms with Gasteiger partial charge in [-0.25, -0.2) is 4.39 Å². The highest BCUT2D eigenvalue weighted by atomic mass is 19.1. The van der Waals surface area contributed by atoms with Gasteiger partial charge in [0.2, 0.25) is 5.91 Å². The number of aryl methyl sites for hydroxylation is 1. The van der Waals surface area contributed by atoms with Crippen LogP contribution < -0.4 is 5.32 Å². The number of likely N-dealkylation sites (tertiary alicyclic amines) is 1. The quantitative estimate of drug-likeness (QED) is 0.921. The van der Waals surface area contributed by atoms with Crippen LogP contribution in [0.15, 0.2) is 18.2 Å². The second-order valence-electron chi connectivity index (χ2n) is 6.15. The third-order valence-corrected chi connectivity index (χ3v) is 3.77. The van der Waals surface area contributed by atoms with Crippen molar-refractivity contribution in [2.45, 2.75) is 27.2 Å². The van der Waals surface area contributed by atoms with Crippen LogP contribution in [0.3, 0.4) is 0 Å². The van der Waals surface area contributed by atoms with Gasteiger partial charge in [0.1, 0.15) is 5.82 Å². The predicted octanol–water partition coefficient (Wildman–Crippen LogP) is 3.05.